The summed E-state index contributed by atoms with van der Waals surface area (Å²) in [6.07, 6.45) is 6.19. The van der Waals surface area contributed by atoms with Gasteiger partial charge in [0.05, 0.1) is 5.92 Å². The molecule has 0 saturated heterocycles. The number of fused-ring (bicyclic) bond motifs is 5. The predicted molar refractivity (Wildman–Crippen MR) is 98.1 cm³/mol. The Morgan fingerprint density at radius 2 is 1.81 bits per heavy atom. The minimum atomic E-state index is -1.31. The zero-order valence-electron chi connectivity index (χ0n) is 15.7. The molecule has 3 fully saturated rings. The van der Waals surface area contributed by atoms with Crippen molar-refractivity contribution in [3.63, 3.8) is 0 Å². The number of amides is 2. The summed E-state index contributed by atoms with van der Waals surface area (Å²) in [6.45, 7) is 4.09. The molecule has 6 nitrogen and oxygen atoms in total. The Kier molecular flexibility index (Phi) is 3.98. The van der Waals surface area contributed by atoms with Gasteiger partial charge in [0.1, 0.15) is 5.00 Å². The highest BCUT2D eigenvalue weighted by molar-refractivity contribution is 6.27. The molecule has 0 radical (unpaired) electrons. The van der Waals surface area contributed by atoms with Gasteiger partial charge >= 0.3 is 12.1 Å². The minimum absolute atomic E-state index is 0.139. The molecule has 2 unspecified atom stereocenters. The average molecular weight is 396 g/mol. The number of nitrogens with zero attached hydrogens (tertiary/aromatic N) is 1. The van der Waals surface area contributed by atoms with Gasteiger partial charge in [-0.05, 0) is 61.7 Å². The first-order valence-electron chi connectivity index (χ1n) is 9.74. The van der Waals surface area contributed by atoms with Crippen molar-refractivity contribution in [3.05, 3.63) is 12.2 Å². The van der Waals surface area contributed by atoms with Gasteiger partial charge in [-0.1, -0.05) is 31.5 Å². The van der Waals surface area contributed by atoms with Crippen molar-refractivity contribution < 1.29 is 24.6 Å². The van der Waals surface area contributed by atoms with Gasteiger partial charge in [-0.3, -0.25) is 9.59 Å². The third-order valence-corrected chi connectivity index (χ3v) is 9.24. The fraction of sp³-hybridized carbons (Fsp3) is 0.750. The second-order valence-corrected chi connectivity index (χ2v) is 9.89. The van der Waals surface area contributed by atoms with E-state index in [0.29, 0.717) is 24.7 Å². The zero-order chi connectivity index (χ0) is 19.8. The van der Waals surface area contributed by atoms with Crippen LogP contribution in [0.5, 0.6) is 0 Å². The number of halogens is 1. The Balaban J connectivity index is 1.73. The molecule has 0 aromatic rings. The first kappa shape index (κ1) is 18.8. The molecule has 0 aromatic heterocycles. The molecule has 0 aromatic carbocycles. The SMILES string of the molecule is C[C@]12CC[C@@H]3[C@@H](CCC4(Cl)N(C(=O)O)C(=O)C=C[C@]34C)[C@@H]1CCC2C(=O)O. The van der Waals surface area contributed by atoms with Crippen LogP contribution in [0.2, 0.25) is 0 Å². The highest BCUT2D eigenvalue weighted by atomic mass is 35.5. The number of carboxylic acid groups (broad SMARTS) is 2. The molecule has 3 aliphatic carbocycles. The Labute approximate surface area is 163 Å². The van der Waals surface area contributed by atoms with E-state index < -0.39 is 28.4 Å². The predicted octanol–water partition coefficient (Wildman–Crippen LogP) is 3.94. The summed E-state index contributed by atoms with van der Waals surface area (Å²) < 4.78 is 0. The van der Waals surface area contributed by atoms with Crippen molar-refractivity contribution in [3.8, 4) is 0 Å². The molecule has 0 bridgehead atoms. The third kappa shape index (κ3) is 2.22. The molecular formula is C20H26ClNO5. The number of carbonyl (C=O) groups excluding carboxylic acids is 1. The summed E-state index contributed by atoms with van der Waals surface area (Å²) in [5.41, 5.74) is -0.858. The van der Waals surface area contributed by atoms with Crippen LogP contribution < -0.4 is 0 Å². The molecule has 4 rings (SSSR count). The first-order valence-corrected chi connectivity index (χ1v) is 10.1. The van der Waals surface area contributed by atoms with E-state index in [1.807, 2.05) is 13.0 Å². The maximum atomic E-state index is 12.3. The zero-order valence-corrected chi connectivity index (χ0v) is 16.4. The van der Waals surface area contributed by atoms with Crippen LogP contribution in [0, 0.1) is 34.5 Å². The Morgan fingerprint density at radius 3 is 2.44 bits per heavy atom. The van der Waals surface area contributed by atoms with Crippen molar-refractivity contribution in [2.45, 2.75) is 57.4 Å². The summed E-state index contributed by atoms with van der Waals surface area (Å²) in [5.74, 6) is -0.843. The number of aliphatic carboxylic acids is 1. The number of hydrogen-bond donors (Lipinski definition) is 2. The van der Waals surface area contributed by atoms with Crippen molar-refractivity contribution in [2.24, 2.45) is 34.5 Å². The second kappa shape index (κ2) is 5.72. The van der Waals surface area contributed by atoms with E-state index in [1.165, 1.54) is 6.08 Å². The maximum absolute atomic E-state index is 12.3. The molecular weight excluding hydrogens is 370 g/mol. The standard InChI is InChI=1S/C20H26ClNO5/c1-18-8-6-13-11(12(18)3-4-14(18)16(24)25)5-10-20(21)19(13,2)9-7-15(23)22(20)17(26)27/h7,9,11-14H,3-6,8,10H2,1-2H3,(H,24,25)(H,26,27)/t11-,12-,13+,14?,18-,19+,20?/m0/s1. The van der Waals surface area contributed by atoms with Crippen molar-refractivity contribution in [1.29, 1.82) is 0 Å². The summed E-state index contributed by atoms with van der Waals surface area (Å²) in [4.78, 5) is 35.4. The summed E-state index contributed by atoms with van der Waals surface area (Å²) in [5, 5.41) is 19.3. The van der Waals surface area contributed by atoms with E-state index in [9.17, 15) is 24.6 Å². The van der Waals surface area contributed by atoms with E-state index >= 15 is 0 Å². The van der Waals surface area contributed by atoms with Gasteiger partial charge in [0.25, 0.3) is 5.91 Å². The van der Waals surface area contributed by atoms with Crippen LogP contribution in [0.3, 0.4) is 0 Å². The molecule has 1 heterocycles. The fourth-order valence-electron chi connectivity index (χ4n) is 7.10. The molecule has 7 atom stereocenters. The molecule has 2 amide bonds. The summed E-state index contributed by atoms with van der Waals surface area (Å²) >= 11 is 6.93. The number of carboxylic acids is 1. The largest absolute Gasteiger partial charge is 0.481 e. The van der Waals surface area contributed by atoms with E-state index in [4.69, 9.17) is 11.6 Å². The molecule has 7 heteroatoms. The van der Waals surface area contributed by atoms with E-state index in [-0.39, 0.29) is 17.3 Å². The number of hydrogen-bond acceptors (Lipinski definition) is 3. The van der Waals surface area contributed by atoms with E-state index in [2.05, 4.69) is 6.92 Å². The van der Waals surface area contributed by atoms with Gasteiger partial charge in [0.15, 0.2) is 0 Å². The van der Waals surface area contributed by atoms with Crippen LogP contribution in [0.1, 0.15) is 52.4 Å². The number of imide groups is 1. The van der Waals surface area contributed by atoms with Crippen LogP contribution >= 0.6 is 11.6 Å². The van der Waals surface area contributed by atoms with Gasteiger partial charge in [0.2, 0.25) is 0 Å². The second-order valence-electron chi connectivity index (χ2n) is 9.26. The van der Waals surface area contributed by atoms with Crippen LogP contribution in [-0.4, -0.2) is 38.1 Å². The highest BCUT2D eigenvalue weighted by Crippen LogP contribution is 2.68. The van der Waals surface area contributed by atoms with E-state index in [1.54, 1.807) is 0 Å². The lowest BCUT2D eigenvalue weighted by atomic mass is 9.47. The van der Waals surface area contributed by atoms with Crippen LogP contribution in [0.15, 0.2) is 12.2 Å². The van der Waals surface area contributed by atoms with Gasteiger partial charge in [-0.2, -0.15) is 0 Å². The normalized spacial score (nSPS) is 48.6. The monoisotopic (exact) mass is 395 g/mol. The fourth-order valence-corrected chi connectivity index (χ4v) is 7.56. The van der Waals surface area contributed by atoms with Gasteiger partial charge in [-0.15, -0.1) is 0 Å². The van der Waals surface area contributed by atoms with Crippen molar-refractivity contribution in [1.82, 2.24) is 4.90 Å². The van der Waals surface area contributed by atoms with Crippen LogP contribution in [0.25, 0.3) is 0 Å². The van der Waals surface area contributed by atoms with Crippen molar-refractivity contribution >= 4 is 29.6 Å². The topological polar surface area (TPSA) is 94.9 Å². The summed E-state index contributed by atoms with van der Waals surface area (Å²) in [6, 6.07) is 0. The van der Waals surface area contributed by atoms with Crippen LogP contribution in [0.4, 0.5) is 4.79 Å². The number of alkyl halides is 1. The van der Waals surface area contributed by atoms with Gasteiger partial charge in [-0.25, -0.2) is 9.69 Å². The Hall–Kier alpha value is -1.56. The number of carbonyl (C=O) groups is 3. The average Bonchev–Trinajstić information content (AvgIpc) is 2.93. The molecule has 4 aliphatic rings. The number of rotatable bonds is 1. The Bertz CT molecular complexity index is 753. The lowest BCUT2D eigenvalue weighted by molar-refractivity contribution is -0.154. The van der Waals surface area contributed by atoms with Crippen LogP contribution in [-0.2, 0) is 9.59 Å². The minimum Gasteiger partial charge on any atom is -0.481 e. The van der Waals surface area contributed by atoms with Gasteiger partial charge in [0, 0.05) is 11.5 Å². The molecule has 3 saturated carbocycles. The lowest BCUT2D eigenvalue weighted by Crippen LogP contribution is -2.67. The quantitative estimate of drug-likeness (QED) is 0.518. The molecule has 148 valence electrons. The smallest absolute Gasteiger partial charge is 0.415 e. The Morgan fingerprint density at radius 1 is 1.11 bits per heavy atom. The molecule has 1 aliphatic heterocycles. The maximum Gasteiger partial charge on any atom is 0.415 e. The molecule has 0 spiro atoms. The molecule has 2 N–H and O–H groups in total. The lowest BCUT2D eigenvalue weighted by Gasteiger charge is -2.62. The molecule has 27 heavy (non-hydrogen) atoms. The van der Waals surface area contributed by atoms with Crippen molar-refractivity contribution in [2.75, 3.05) is 0 Å². The third-order valence-electron chi connectivity index (χ3n) is 8.48. The van der Waals surface area contributed by atoms with E-state index in [0.717, 1.165) is 30.6 Å². The van der Waals surface area contributed by atoms with Gasteiger partial charge < -0.3 is 10.2 Å². The highest BCUT2D eigenvalue weighted by Gasteiger charge is 2.67. The first-order chi connectivity index (χ1) is 12.6. The summed E-state index contributed by atoms with van der Waals surface area (Å²) in [7, 11) is 0.